The maximum Gasteiger partial charge on any atom is 0.280 e. The molecule has 0 aliphatic rings. The van der Waals surface area contributed by atoms with Crippen LogP contribution in [0.4, 0.5) is 5.69 Å². The van der Waals surface area contributed by atoms with Gasteiger partial charge >= 0.3 is 0 Å². The number of hydrogen-bond donors (Lipinski definition) is 1. The van der Waals surface area contributed by atoms with E-state index >= 15 is 0 Å². The summed E-state index contributed by atoms with van der Waals surface area (Å²) >= 11 is 0. The molecule has 0 bridgehead atoms. The highest BCUT2D eigenvalue weighted by Gasteiger charge is 2.28. The lowest BCUT2D eigenvalue weighted by Crippen LogP contribution is -2.27. The van der Waals surface area contributed by atoms with Crippen molar-refractivity contribution in [3.8, 4) is 11.9 Å². The zero-order chi connectivity index (χ0) is 20.8. The van der Waals surface area contributed by atoms with Gasteiger partial charge in [-0.25, -0.2) is 0 Å². The predicted octanol–water partition coefficient (Wildman–Crippen LogP) is 3.45. The SMILES string of the molecule is CCCCCCn1c(O)c(C(=O)c2ccccc2[N+](=O)[O-])c(C)c(C#N)c1=O. The monoisotopic (exact) mass is 383 g/mol. The van der Waals surface area contributed by atoms with Crippen LogP contribution in [-0.2, 0) is 6.54 Å². The zero-order valence-electron chi connectivity index (χ0n) is 15.8. The first-order valence-corrected chi connectivity index (χ1v) is 8.99. The van der Waals surface area contributed by atoms with Crippen LogP contribution in [0.15, 0.2) is 29.1 Å². The number of pyridine rings is 1. The van der Waals surface area contributed by atoms with Gasteiger partial charge in [-0.1, -0.05) is 38.3 Å². The van der Waals surface area contributed by atoms with Gasteiger partial charge in [0.05, 0.1) is 10.5 Å². The van der Waals surface area contributed by atoms with Crippen molar-refractivity contribution in [1.29, 1.82) is 5.26 Å². The number of carbonyl (C=O) groups excluding carboxylic acids is 1. The minimum absolute atomic E-state index is 0.0120. The maximum absolute atomic E-state index is 13.0. The van der Waals surface area contributed by atoms with Crippen molar-refractivity contribution in [2.75, 3.05) is 0 Å². The molecule has 1 aromatic carbocycles. The van der Waals surface area contributed by atoms with E-state index in [1.54, 1.807) is 6.07 Å². The molecule has 1 aromatic heterocycles. The van der Waals surface area contributed by atoms with Crippen LogP contribution >= 0.6 is 0 Å². The molecule has 0 radical (unpaired) electrons. The van der Waals surface area contributed by atoms with Crippen LogP contribution in [0, 0.1) is 28.4 Å². The summed E-state index contributed by atoms with van der Waals surface area (Å²) in [6.45, 7) is 3.56. The molecule has 0 unspecified atom stereocenters. The molecule has 1 N–H and O–H groups in total. The van der Waals surface area contributed by atoms with Gasteiger partial charge in [0, 0.05) is 12.6 Å². The molecule has 0 aliphatic carbocycles. The predicted molar refractivity (Wildman–Crippen MR) is 102 cm³/mol. The molecule has 8 nitrogen and oxygen atoms in total. The molecule has 8 heteroatoms. The third kappa shape index (κ3) is 3.93. The number of ketones is 1. The van der Waals surface area contributed by atoms with Gasteiger partial charge in [0.1, 0.15) is 17.2 Å². The van der Waals surface area contributed by atoms with Crippen molar-refractivity contribution in [2.24, 2.45) is 0 Å². The average Bonchev–Trinajstić information content (AvgIpc) is 2.67. The second kappa shape index (κ2) is 8.95. The van der Waals surface area contributed by atoms with Gasteiger partial charge in [0.25, 0.3) is 11.2 Å². The Labute approximate surface area is 161 Å². The highest BCUT2D eigenvalue weighted by Crippen LogP contribution is 2.28. The zero-order valence-corrected chi connectivity index (χ0v) is 15.8. The van der Waals surface area contributed by atoms with Crippen LogP contribution in [0.25, 0.3) is 0 Å². The molecule has 0 saturated heterocycles. The van der Waals surface area contributed by atoms with E-state index in [4.69, 9.17) is 0 Å². The third-order valence-corrected chi connectivity index (χ3v) is 4.61. The lowest BCUT2D eigenvalue weighted by Gasteiger charge is -2.15. The quantitative estimate of drug-likeness (QED) is 0.322. The van der Waals surface area contributed by atoms with Crippen molar-refractivity contribution in [3.05, 3.63) is 67.0 Å². The number of unbranched alkanes of at least 4 members (excludes halogenated alkanes) is 3. The Morgan fingerprint density at radius 3 is 2.57 bits per heavy atom. The first-order valence-electron chi connectivity index (χ1n) is 8.99. The van der Waals surface area contributed by atoms with Gasteiger partial charge in [0.2, 0.25) is 11.7 Å². The first kappa shape index (κ1) is 20.8. The Hall–Kier alpha value is -3.47. The molecule has 0 saturated carbocycles. The van der Waals surface area contributed by atoms with Gasteiger partial charge in [-0.05, 0) is 25.0 Å². The molecule has 0 atom stereocenters. The van der Waals surface area contributed by atoms with Crippen LogP contribution in [0.5, 0.6) is 5.88 Å². The van der Waals surface area contributed by atoms with E-state index in [0.717, 1.165) is 23.8 Å². The molecule has 0 amide bonds. The number of nitro groups is 1. The van der Waals surface area contributed by atoms with Crippen LogP contribution in [0.1, 0.15) is 59.7 Å². The Morgan fingerprint density at radius 1 is 1.29 bits per heavy atom. The summed E-state index contributed by atoms with van der Waals surface area (Å²) in [6, 6.07) is 7.15. The summed E-state index contributed by atoms with van der Waals surface area (Å²) < 4.78 is 1.00. The Morgan fingerprint density at radius 2 is 1.96 bits per heavy atom. The molecule has 0 aliphatic heterocycles. The fraction of sp³-hybridized carbons (Fsp3) is 0.350. The number of aromatic hydroxyl groups is 1. The Kier molecular flexibility index (Phi) is 6.66. The number of carbonyl (C=O) groups is 1. The van der Waals surface area contributed by atoms with Gasteiger partial charge in [-0.3, -0.25) is 24.3 Å². The highest BCUT2D eigenvalue weighted by molar-refractivity contribution is 6.13. The number of aromatic nitrogens is 1. The number of benzene rings is 1. The maximum atomic E-state index is 13.0. The van der Waals surface area contributed by atoms with E-state index in [9.17, 15) is 30.1 Å². The van der Waals surface area contributed by atoms with Crippen molar-refractivity contribution in [3.63, 3.8) is 0 Å². The van der Waals surface area contributed by atoms with E-state index in [-0.39, 0.29) is 28.8 Å². The fourth-order valence-corrected chi connectivity index (χ4v) is 3.09. The molecule has 0 spiro atoms. The second-order valence-corrected chi connectivity index (χ2v) is 6.43. The normalized spacial score (nSPS) is 10.5. The molecule has 1 heterocycles. The van der Waals surface area contributed by atoms with E-state index < -0.39 is 27.8 Å². The molecular weight excluding hydrogens is 362 g/mol. The van der Waals surface area contributed by atoms with E-state index in [0.29, 0.717) is 6.42 Å². The first-order chi connectivity index (χ1) is 13.3. The minimum Gasteiger partial charge on any atom is -0.494 e. The van der Waals surface area contributed by atoms with E-state index in [1.165, 1.54) is 31.2 Å². The summed E-state index contributed by atoms with van der Waals surface area (Å²) in [7, 11) is 0. The fourth-order valence-electron chi connectivity index (χ4n) is 3.09. The summed E-state index contributed by atoms with van der Waals surface area (Å²) in [5, 5.41) is 31.3. The molecule has 28 heavy (non-hydrogen) atoms. The second-order valence-electron chi connectivity index (χ2n) is 6.43. The topological polar surface area (TPSA) is 126 Å². The number of para-hydroxylation sites is 1. The van der Waals surface area contributed by atoms with Crippen molar-refractivity contribution < 1.29 is 14.8 Å². The largest absolute Gasteiger partial charge is 0.494 e. The molecule has 146 valence electrons. The van der Waals surface area contributed by atoms with Crippen molar-refractivity contribution in [2.45, 2.75) is 46.1 Å². The molecule has 2 aromatic rings. The van der Waals surface area contributed by atoms with Crippen LogP contribution < -0.4 is 5.56 Å². The third-order valence-electron chi connectivity index (χ3n) is 4.61. The number of hydrogen-bond acceptors (Lipinski definition) is 6. The van der Waals surface area contributed by atoms with Gasteiger partial charge in [-0.2, -0.15) is 5.26 Å². The van der Waals surface area contributed by atoms with Gasteiger partial charge < -0.3 is 5.11 Å². The summed E-state index contributed by atoms with van der Waals surface area (Å²) in [5.41, 5.74) is -1.81. The standard InChI is InChI=1S/C20H21N3O5/c1-3-4-5-8-11-22-19(25)15(12-21)13(2)17(20(22)26)18(24)14-9-6-7-10-16(14)23(27)28/h6-7,9-10,26H,3-5,8,11H2,1-2H3. The average molecular weight is 383 g/mol. The van der Waals surface area contributed by atoms with Gasteiger partial charge in [-0.15, -0.1) is 0 Å². The summed E-state index contributed by atoms with van der Waals surface area (Å²) in [6.07, 6.45) is 3.36. The lowest BCUT2D eigenvalue weighted by molar-refractivity contribution is -0.385. The number of rotatable bonds is 8. The van der Waals surface area contributed by atoms with E-state index in [1.807, 2.05) is 6.92 Å². The van der Waals surface area contributed by atoms with Crippen molar-refractivity contribution in [1.82, 2.24) is 4.57 Å². The molecular formula is C20H21N3O5. The summed E-state index contributed by atoms with van der Waals surface area (Å²) in [5.74, 6) is -1.37. The van der Waals surface area contributed by atoms with Crippen LogP contribution in [-0.4, -0.2) is 20.4 Å². The summed E-state index contributed by atoms with van der Waals surface area (Å²) in [4.78, 5) is 36.2. The van der Waals surface area contributed by atoms with E-state index in [2.05, 4.69) is 0 Å². The lowest BCUT2D eigenvalue weighted by atomic mass is 9.96. The Bertz CT molecular complexity index is 1020. The number of nitriles is 1. The molecule has 2 rings (SSSR count). The van der Waals surface area contributed by atoms with Gasteiger partial charge in [0.15, 0.2) is 0 Å². The van der Waals surface area contributed by atoms with Crippen LogP contribution in [0.2, 0.25) is 0 Å². The number of nitrogens with zero attached hydrogens (tertiary/aromatic N) is 3. The smallest absolute Gasteiger partial charge is 0.280 e. The van der Waals surface area contributed by atoms with Crippen LogP contribution in [0.3, 0.4) is 0 Å². The molecule has 0 fully saturated rings. The minimum atomic E-state index is -0.805. The Balaban J connectivity index is 2.64. The number of nitro benzene ring substituents is 1. The van der Waals surface area contributed by atoms with Crippen molar-refractivity contribution >= 4 is 11.5 Å². The highest BCUT2D eigenvalue weighted by atomic mass is 16.6.